The van der Waals surface area contributed by atoms with Gasteiger partial charge in [0.2, 0.25) is 0 Å². The van der Waals surface area contributed by atoms with Gasteiger partial charge in [-0.3, -0.25) is 9.10 Å². The minimum Gasteiger partial charge on any atom is -0.493 e. The zero-order valence-corrected chi connectivity index (χ0v) is 21.7. The molecule has 3 aromatic rings. The minimum absolute atomic E-state index is 0.0869. The molecule has 0 fully saturated rings. The summed E-state index contributed by atoms with van der Waals surface area (Å²) in [6.07, 6.45) is 0. The summed E-state index contributed by atoms with van der Waals surface area (Å²) in [7, 11) is -1.48. The topological polar surface area (TPSA) is 116 Å². The van der Waals surface area contributed by atoms with Crippen molar-refractivity contribution in [3.05, 3.63) is 72.0 Å². The van der Waals surface area contributed by atoms with Crippen LogP contribution in [0.3, 0.4) is 0 Å². The molecule has 1 heterocycles. The summed E-state index contributed by atoms with van der Waals surface area (Å²) in [5.41, 5.74) is 3.62. The van der Waals surface area contributed by atoms with E-state index < -0.39 is 28.3 Å². The standard InChI is InChI=1S/C26H26FN3O7S/c1-17(18-4-10-23-25(14-18)37-13-12-36-23)28-29-26(31)16-30(20-7-5-19(27)6-8-20)38(32,33)21-9-11-22(34-2)24(15-21)35-3/h4-11,14-15H,12-13,16H2,1-3H3,(H,29,31)/b28-17-. The summed E-state index contributed by atoms with van der Waals surface area (Å²) in [5.74, 6) is 0.445. The Labute approximate surface area is 219 Å². The van der Waals surface area contributed by atoms with E-state index in [0.29, 0.717) is 41.7 Å². The molecule has 200 valence electrons. The molecule has 38 heavy (non-hydrogen) atoms. The van der Waals surface area contributed by atoms with Crippen LogP contribution in [-0.4, -0.2) is 54.0 Å². The third-order valence-corrected chi connectivity index (χ3v) is 7.42. The molecule has 1 aliphatic heterocycles. The van der Waals surface area contributed by atoms with Crippen molar-refractivity contribution in [1.82, 2.24) is 5.43 Å². The zero-order valence-electron chi connectivity index (χ0n) is 20.9. The number of nitrogens with zero attached hydrogens (tertiary/aromatic N) is 2. The number of sulfonamides is 1. The molecule has 3 aromatic carbocycles. The van der Waals surface area contributed by atoms with E-state index in [2.05, 4.69) is 10.5 Å². The molecule has 0 aromatic heterocycles. The Morgan fingerprint density at radius 2 is 1.66 bits per heavy atom. The molecule has 0 spiro atoms. The molecule has 0 aliphatic carbocycles. The number of anilines is 1. The number of halogens is 1. The fourth-order valence-corrected chi connectivity index (χ4v) is 5.11. The van der Waals surface area contributed by atoms with Gasteiger partial charge in [-0.15, -0.1) is 0 Å². The van der Waals surface area contributed by atoms with Crippen molar-refractivity contribution in [3.8, 4) is 23.0 Å². The fraction of sp³-hybridized carbons (Fsp3) is 0.231. The lowest BCUT2D eigenvalue weighted by Gasteiger charge is -2.24. The second kappa shape index (κ2) is 11.4. The van der Waals surface area contributed by atoms with Crippen molar-refractivity contribution in [3.63, 3.8) is 0 Å². The number of benzene rings is 3. The van der Waals surface area contributed by atoms with Gasteiger partial charge >= 0.3 is 0 Å². The van der Waals surface area contributed by atoms with Crippen LogP contribution >= 0.6 is 0 Å². The smallest absolute Gasteiger partial charge is 0.264 e. The van der Waals surface area contributed by atoms with Crippen LogP contribution in [-0.2, 0) is 14.8 Å². The highest BCUT2D eigenvalue weighted by atomic mass is 32.2. The first kappa shape index (κ1) is 26.7. The molecule has 0 atom stereocenters. The maximum absolute atomic E-state index is 13.6. The van der Waals surface area contributed by atoms with Crippen molar-refractivity contribution in [2.75, 3.05) is 38.3 Å². The van der Waals surface area contributed by atoms with Gasteiger partial charge in [0, 0.05) is 11.6 Å². The average molecular weight is 544 g/mol. The molecule has 0 radical (unpaired) electrons. The Balaban J connectivity index is 1.59. The van der Waals surface area contributed by atoms with Gasteiger partial charge in [0.05, 0.1) is 30.5 Å². The lowest BCUT2D eigenvalue weighted by Crippen LogP contribution is -2.39. The van der Waals surface area contributed by atoms with Gasteiger partial charge < -0.3 is 18.9 Å². The Hall–Kier alpha value is -4.32. The number of amides is 1. The van der Waals surface area contributed by atoms with E-state index >= 15 is 0 Å². The first-order valence-electron chi connectivity index (χ1n) is 11.5. The predicted molar refractivity (Wildman–Crippen MR) is 138 cm³/mol. The van der Waals surface area contributed by atoms with Gasteiger partial charge in [-0.1, -0.05) is 0 Å². The van der Waals surface area contributed by atoms with E-state index in [1.54, 1.807) is 25.1 Å². The first-order chi connectivity index (χ1) is 18.2. The fourth-order valence-electron chi connectivity index (χ4n) is 3.67. The molecule has 0 saturated heterocycles. The van der Waals surface area contributed by atoms with Crippen LogP contribution in [0.15, 0.2) is 70.7 Å². The Bertz CT molecular complexity index is 1460. The molecular formula is C26H26FN3O7S. The molecule has 1 aliphatic rings. The monoisotopic (exact) mass is 543 g/mol. The average Bonchev–Trinajstić information content (AvgIpc) is 2.94. The van der Waals surface area contributed by atoms with Gasteiger partial charge in [-0.2, -0.15) is 5.10 Å². The van der Waals surface area contributed by atoms with Crippen LogP contribution < -0.4 is 28.7 Å². The van der Waals surface area contributed by atoms with Gasteiger partial charge in [0.15, 0.2) is 23.0 Å². The van der Waals surface area contributed by atoms with Crippen LogP contribution in [0.25, 0.3) is 0 Å². The van der Waals surface area contributed by atoms with Gasteiger partial charge in [-0.25, -0.2) is 18.2 Å². The van der Waals surface area contributed by atoms with Crippen molar-refractivity contribution in [1.29, 1.82) is 0 Å². The highest BCUT2D eigenvalue weighted by Gasteiger charge is 2.28. The maximum atomic E-state index is 13.6. The SMILES string of the molecule is COc1ccc(S(=O)(=O)N(CC(=O)N/N=C(/C)c2ccc3c(c2)OCCO3)c2ccc(F)cc2)cc1OC. The molecule has 0 bridgehead atoms. The van der Waals surface area contributed by atoms with Crippen LogP contribution in [0, 0.1) is 5.82 Å². The normalized spacial score (nSPS) is 13.0. The van der Waals surface area contributed by atoms with Crippen molar-refractivity contribution >= 4 is 27.3 Å². The van der Waals surface area contributed by atoms with Crippen LogP contribution in [0.2, 0.25) is 0 Å². The summed E-state index contributed by atoms with van der Waals surface area (Å²) in [4.78, 5) is 12.7. The number of fused-ring (bicyclic) bond motifs is 1. The van der Waals surface area contributed by atoms with Gasteiger partial charge in [-0.05, 0) is 61.5 Å². The highest BCUT2D eigenvalue weighted by molar-refractivity contribution is 7.92. The summed E-state index contributed by atoms with van der Waals surface area (Å²) in [5, 5.41) is 4.11. The second-order valence-electron chi connectivity index (χ2n) is 8.10. The number of carbonyl (C=O) groups is 1. The van der Waals surface area contributed by atoms with Crippen LogP contribution in [0.1, 0.15) is 12.5 Å². The Morgan fingerprint density at radius 3 is 2.34 bits per heavy atom. The largest absolute Gasteiger partial charge is 0.493 e. The lowest BCUT2D eigenvalue weighted by molar-refractivity contribution is -0.119. The Kier molecular flexibility index (Phi) is 8.01. The highest BCUT2D eigenvalue weighted by Crippen LogP contribution is 2.33. The van der Waals surface area contributed by atoms with Crippen LogP contribution in [0.5, 0.6) is 23.0 Å². The summed E-state index contributed by atoms with van der Waals surface area (Å²) < 4.78 is 63.2. The third kappa shape index (κ3) is 5.80. The van der Waals surface area contributed by atoms with E-state index in [1.165, 1.54) is 44.6 Å². The maximum Gasteiger partial charge on any atom is 0.264 e. The van der Waals surface area contributed by atoms with E-state index in [4.69, 9.17) is 18.9 Å². The molecule has 0 saturated carbocycles. The number of ether oxygens (including phenoxy) is 4. The van der Waals surface area contributed by atoms with Crippen molar-refractivity contribution in [2.24, 2.45) is 5.10 Å². The van der Waals surface area contributed by atoms with Crippen molar-refractivity contribution in [2.45, 2.75) is 11.8 Å². The molecule has 1 amide bonds. The van der Waals surface area contributed by atoms with Gasteiger partial charge in [0.1, 0.15) is 25.6 Å². The molecular weight excluding hydrogens is 517 g/mol. The molecule has 12 heteroatoms. The number of hydrogen-bond acceptors (Lipinski definition) is 8. The second-order valence-corrected chi connectivity index (χ2v) is 9.96. The minimum atomic E-state index is -4.29. The van der Waals surface area contributed by atoms with E-state index in [9.17, 15) is 17.6 Å². The number of nitrogens with one attached hydrogen (secondary N) is 1. The summed E-state index contributed by atoms with van der Waals surface area (Å²) in [6, 6.07) is 14.1. The number of methoxy groups -OCH3 is 2. The summed E-state index contributed by atoms with van der Waals surface area (Å²) in [6.45, 7) is 1.95. The zero-order chi connectivity index (χ0) is 27.3. The first-order valence-corrected chi connectivity index (χ1v) is 12.9. The summed E-state index contributed by atoms with van der Waals surface area (Å²) >= 11 is 0. The Morgan fingerprint density at radius 1 is 0.974 bits per heavy atom. The van der Waals surface area contributed by atoms with E-state index in [1.807, 2.05) is 0 Å². The quantitative estimate of drug-likeness (QED) is 0.325. The van der Waals surface area contributed by atoms with Gasteiger partial charge in [0.25, 0.3) is 15.9 Å². The molecule has 1 N–H and O–H groups in total. The number of hydrogen-bond donors (Lipinski definition) is 1. The van der Waals surface area contributed by atoms with Crippen molar-refractivity contribution < 1.29 is 36.6 Å². The number of hydrazone groups is 1. The number of rotatable bonds is 9. The van der Waals surface area contributed by atoms with E-state index in [0.717, 1.165) is 16.4 Å². The number of carbonyl (C=O) groups excluding carboxylic acids is 1. The van der Waals surface area contributed by atoms with Crippen LogP contribution in [0.4, 0.5) is 10.1 Å². The third-order valence-electron chi connectivity index (χ3n) is 5.65. The molecule has 0 unspecified atom stereocenters. The molecule has 10 nitrogen and oxygen atoms in total. The predicted octanol–water partition coefficient (Wildman–Crippen LogP) is 3.35. The van der Waals surface area contributed by atoms with E-state index in [-0.39, 0.29) is 16.3 Å². The molecule has 4 rings (SSSR count). The lowest BCUT2D eigenvalue weighted by atomic mass is 10.1.